The van der Waals surface area contributed by atoms with E-state index < -0.39 is 0 Å². The minimum absolute atomic E-state index is 0. The van der Waals surface area contributed by atoms with Crippen molar-refractivity contribution in [3.8, 4) is 0 Å². The molecule has 4 nitrogen and oxygen atoms in total. The Hall–Kier alpha value is -2.23. The first-order chi connectivity index (χ1) is 8.08. The Balaban J connectivity index is 0.00000162. The molecule has 2 aromatic heterocycles. The Morgan fingerprint density at radius 1 is 1.24 bits per heavy atom. The van der Waals surface area contributed by atoms with Crippen molar-refractivity contribution < 1.29 is 1.43 Å². The summed E-state index contributed by atoms with van der Waals surface area (Å²) in [5.41, 5.74) is 10.0. The van der Waals surface area contributed by atoms with E-state index in [-0.39, 0.29) is 1.43 Å². The van der Waals surface area contributed by atoms with Crippen molar-refractivity contribution >= 4 is 11.4 Å². The van der Waals surface area contributed by atoms with Crippen molar-refractivity contribution in [3.05, 3.63) is 53.1 Å². The summed E-state index contributed by atoms with van der Waals surface area (Å²) in [7, 11) is 0. The molecule has 0 bridgehead atoms. The highest BCUT2D eigenvalue weighted by molar-refractivity contribution is 6.13. The maximum atomic E-state index is 8.13. The molecule has 0 aliphatic rings. The van der Waals surface area contributed by atoms with Gasteiger partial charge in [0.2, 0.25) is 0 Å². The Kier molecular flexibility index (Phi) is 2.87. The van der Waals surface area contributed by atoms with Gasteiger partial charge in [0.15, 0.2) is 0 Å². The molecule has 0 saturated heterocycles. The number of anilines is 1. The van der Waals surface area contributed by atoms with Gasteiger partial charge in [-0.25, -0.2) is 0 Å². The van der Waals surface area contributed by atoms with Gasteiger partial charge in [-0.3, -0.25) is 15.4 Å². The minimum Gasteiger partial charge on any atom is -0.398 e. The Bertz CT molecular complexity index is 581. The number of aryl methyl sites for hydroxylation is 2. The van der Waals surface area contributed by atoms with E-state index in [1.165, 1.54) is 0 Å². The zero-order valence-corrected chi connectivity index (χ0v) is 9.86. The molecule has 0 atom stereocenters. The van der Waals surface area contributed by atoms with Gasteiger partial charge in [0.1, 0.15) is 0 Å². The predicted molar refractivity (Wildman–Crippen MR) is 70.4 cm³/mol. The Morgan fingerprint density at radius 2 is 1.94 bits per heavy atom. The molecule has 4 heteroatoms. The Labute approximate surface area is 102 Å². The first kappa shape index (κ1) is 11.3. The van der Waals surface area contributed by atoms with Gasteiger partial charge < -0.3 is 5.73 Å². The summed E-state index contributed by atoms with van der Waals surface area (Å²) in [6, 6.07) is 5.44. The summed E-state index contributed by atoms with van der Waals surface area (Å²) in [6.45, 7) is 3.77. The van der Waals surface area contributed by atoms with E-state index in [9.17, 15) is 0 Å². The summed E-state index contributed by atoms with van der Waals surface area (Å²) in [5, 5.41) is 8.13. The van der Waals surface area contributed by atoms with Gasteiger partial charge in [-0.2, -0.15) is 0 Å². The smallest absolute Gasteiger partial charge is 0.0722 e. The largest absolute Gasteiger partial charge is 0.398 e. The van der Waals surface area contributed by atoms with Crippen molar-refractivity contribution in [2.24, 2.45) is 0 Å². The zero-order chi connectivity index (χ0) is 12.4. The molecule has 88 valence electrons. The molecule has 2 heterocycles. The number of hydrogen-bond acceptors (Lipinski definition) is 4. The van der Waals surface area contributed by atoms with Crippen LogP contribution < -0.4 is 5.73 Å². The number of nitrogen functional groups attached to an aromatic ring is 1. The number of hydrogen-bond donors (Lipinski definition) is 2. The summed E-state index contributed by atoms with van der Waals surface area (Å²) in [5.74, 6) is 0. The van der Waals surface area contributed by atoms with E-state index in [0.717, 1.165) is 17.0 Å². The highest BCUT2D eigenvalue weighted by Gasteiger charge is 2.09. The second-order valence-corrected chi connectivity index (χ2v) is 3.97. The number of rotatable bonds is 2. The Morgan fingerprint density at radius 3 is 2.59 bits per heavy atom. The van der Waals surface area contributed by atoms with Gasteiger partial charge in [-0.1, -0.05) is 0 Å². The molecule has 0 fully saturated rings. The zero-order valence-electron chi connectivity index (χ0n) is 9.86. The lowest BCUT2D eigenvalue weighted by Crippen LogP contribution is -2.07. The second-order valence-electron chi connectivity index (χ2n) is 3.97. The molecular formula is C13H16N4. The molecule has 0 radical (unpaired) electrons. The third-order valence-electron chi connectivity index (χ3n) is 2.53. The van der Waals surface area contributed by atoms with Crippen LogP contribution >= 0.6 is 0 Å². The molecule has 0 aromatic carbocycles. The van der Waals surface area contributed by atoms with Crippen molar-refractivity contribution in [2.45, 2.75) is 13.8 Å². The first-order valence-electron chi connectivity index (χ1n) is 5.32. The molecule has 17 heavy (non-hydrogen) atoms. The lowest BCUT2D eigenvalue weighted by atomic mass is 10.0. The van der Waals surface area contributed by atoms with Gasteiger partial charge in [-0.15, -0.1) is 0 Å². The van der Waals surface area contributed by atoms with E-state index in [1.54, 1.807) is 24.5 Å². The first-order valence-corrected chi connectivity index (χ1v) is 5.32. The van der Waals surface area contributed by atoms with Crippen LogP contribution in [-0.4, -0.2) is 15.7 Å². The van der Waals surface area contributed by atoms with Gasteiger partial charge >= 0.3 is 0 Å². The summed E-state index contributed by atoms with van der Waals surface area (Å²) in [4.78, 5) is 8.28. The molecule has 3 N–H and O–H groups in total. The molecule has 2 aromatic rings. The fourth-order valence-electron chi connectivity index (χ4n) is 1.65. The number of nitrogens with zero attached hydrogens (tertiary/aromatic N) is 2. The summed E-state index contributed by atoms with van der Waals surface area (Å²) >= 11 is 0. The molecule has 0 spiro atoms. The summed E-state index contributed by atoms with van der Waals surface area (Å²) < 4.78 is 0. The molecule has 0 unspecified atom stereocenters. The van der Waals surface area contributed by atoms with E-state index in [0.29, 0.717) is 17.0 Å². The molecule has 0 amide bonds. The van der Waals surface area contributed by atoms with Crippen LogP contribution in [-0.2, 0) is 0 Å². The average Bonchev–Trinajstić information content (AvgIpc) is 2.28. The maximum absolute atomic E-state index is 8.13. The fraction of sp³-hybridized carbons (Fsp3) is 0.154. The quantitative estimate of drug-likeness (QED) is 0.774. The normalized spacial score (nSPS) is 10.2. The van der Waals surface area contributed by atoms with Crippen molar-refractivity contribution in [1.82, 2.24) is 9.97 Å². The molecule has 2 rings (SSSR count). The van der Waals surface area contributed by atoms with Gasteiger partial charge in [0, 0.05) is 42.0 Å². The highest BCUT2D eigenvalue weighted by atomic mass is 14.7. The number of nitrogens with two attached hydrogens (primary N) is 1. The van der Waals surface area contributed by atoms with Crippen molar-refractivity contribution in [1.29, 1.82) is 5.41 Å². The van der Waals surface area contributed by atoms with Crippen molar-refractivity contribution in [3.63, 3.8) is 0 Å². The van der Waals surface area contributed by atoms with Crippen LogP contribution in [0, 0.1) is 19.3 Å². The maximum Gasteiger partial charge on any atom is 0.0722 e. The molecule has 0 saturated carbocycles. The second kappa shape index (κ2) is 4.33. The summed E-state index contributed by atoms with van der Waals surface area (Å²) in [6.07, 6.45) is 3.33. The van der Waals surface area contributed by atoms with Gasteiger partial charge in [0.25, 0.3) is 0 Å². The average molecular weight is 228 g/mol. The van der Waals surface area contributed by atoms with E-state index >= 15 is 0 Å². The standard InChI is InChI=1S/C13H14N4.H2/c1-8-5-10(3-4-16-8)13(15)11-7-17-9(2)6-12(11)14;/h3-7,15H,1-2H3,(H2,14,17);1H. The van der Waals surface area contributed by atoms with Crippen LogP contribution in [0.15, 0.2) is 30.6 Å². The van der Waals surface area contributed by atoms with Crippen LogP contribution in [0.25, 0.3) is 0 Å². The lowest BCUT2D eigenvalue weighted by molar-refractivity contribution is 1.18. The SMILES string of the molecule is Cc1cc(C(=N)c2cnc(C)cc2N)ccn1.[HH]. The predicted octanol–water partition coefficient (Wildman–Crippen LogP) is 2.34. The molecule has 0 aliphatic carbocycles. The fourth-order valence-corrected chi connectivity index (χ4v) is 1.65. The number of pyridine rings is 2. The number of nitrogens with one attached hydrogen (secondary N) is 1. The monoisotopic (exact) mass is 228 g/mol. The van der Waals surface area contributed by atoms with Crippen LogP contribution in [0.3, 0.4) is 0 Å². The van der Waals surface area contributed by atoms with Crippen LogP contribution in [0.1, 0.15) is 23.9 Å². The molecule has 0 aliphatic heterocycles. The van der Waals surface area contributed by atoms with Gasteiger partial charge in [0.05, 0.1) is 5.71 Å². The van der Waals surface area contributed by atoms with E-state index in [1.807, 2.05) is 19.9 Å². The van der Waals surface area contributed by atoms with E-state index in [2.05, 4.69) is 9.97 Å². The lowest BCUT2D eigenvalue weighted by Gasteiger charge is -2.08. The number of aromatic nitrogens is 2. The highest BCUT2D eigenvalue weighted by Crippen LogP contribution is 2.16. The third kappa shape index (κ3) is 2.30. The van der Waals surface area contributed by atoms with Crippen LogP contribution in [0.2, 0.25) is 0 Å². The van der Waals surface area contributed by atoms with Gasteiger partial charge in [-0.05, 0) is 32.0 Å². The topological polar surface area (TPSA) is 75.7 Å². The minimum atomic E-state index is 0. The van der Waals surface area contributed by atoms with Crippen molar-refractivity contribution in [2.75, 3.05) is 5.73 Å². The third-order valence-corrected chi connectivity index (χ3v) is 2.53. The van der Waals surface area contributed by atoms with E-state index in [4.69, 9.17) is 11.1 Å². The van der Waals surface area contributed by atoms with Crippen LogP contribution in [0.5, 0.6) is 0 Å². The van der Waals surface area contributed by atoms with Crippen LogP contribution in [0.4, 0.5) is 5.69 Å². The molecular weight excluding hydrogens is 212 g/mol.